The molecule has 31 heavy (non-hydrogen) atoms. The van der Waals surface area contributed by atoms with Crippen LogP contribution < -0.4 is 10.5 Å². The van der Waals surface area contributed by atoms with Crippen LogP contribution in [0, 0.1) is 0 Å². The summed E-state index contributed by atoms with van der Waals surface area (Å²) in [5, 5.41) is 0. The van der Waals surface area contributed by atoms with Crippen molar-refractivity contribution < 1.29 is 4.79 Å². The highest BCUT2D eigenvalue weighted by atomic mass is 16.2. The van der Waals surface area contributed by atoms with Crippen LogP contribution in [0.25, 0.3) is 16.7 Å². The molecule has 0 atom stereocenters. The minimum absolute atomic E-state index is 0.0693. The number of carbonyl (C=O) groups excluding carboxylic acids is 1. The highest BCUT2D eigenvalue weighted by Gasteiger charge is 2.21. The SMILES string of the molecule is O=C(CCCn1c(=O)c2cccn2c2cccnc21)N1CCN(c2ccccc2)CC1. The summed E-state index contributed by atoms with van der Waals surface area (Å²) in [6, 6.07) is 17.8. The minimum atomic E-state index is -0.0693. The van der Waals surface area contributed by atoms with Crippen LogP contribution in [-0.4, -0.2) is 50.9 Å². The summed E-state index contributed by atoms with van der Waals surface area (Å²) in [5.74, 6) is 0.154. The molecule has 4 aromatic rings. The minimum Gasteiger partial charge on any atom is -0.368 e. The number of piperazine rings is 1. The zero-order chi connectivity index (χ0) is 21.2. The van der Waals surface area contributed by atoms with Gasteiger partial charge in [0, 0.05) is 57.2 Å². The number of aryl methyl sites for hydroxylation is 1. The van der Waals surface area contributed by atoms with Gasteiger partial charge in [0.15, 0.2) is 5.65 Å². The van der Waals surface area contributed by atoms with Gasteiger partial charge in [-0.2, -0.15) is 0 Å². The third-order valence-electron chi connectivity index (χ3n) is 6.02. The summed E-state index contributed by atoms with van der Waals surface area (Å²) in [6.07, 6.45) is 4.62. The van der Waals surface area contributed by atoms with Crippen molar-refractivity contribution in [2.24, 2.45) is 0 Å². The number of hydrogen-bond acceptors (Lipinski definition) is 4. The number of anilines is 1. The lowest BCUT2D eigenvalue weighted by Gasteiger charge is -2.36. The Balaban J connectivity index is 1.23. The van der Waals surface area contributed by atoms with Crippen LogP contribution in [0.1, 0.15) is 12.8 Å². The molecule has 1 aliphatic heterocycles. The van der Waals surface area contributed by atoms with Crippen LogP contribution in [0.4, 0.5) is 5.69 Å². The molecule has 1 aromatic carbocycles. The number of pyridine rings is 1. The van der Waals surface area contributed by atoms with Crippen molar-refractivity contribution in [2.75, 3.05) is 31.1 Å². The van der Waals surface area contributed by atoms with Gasteiger partial charge in [0.2, 0.25) is 5.91 Å². The zero-order valence-corrected chi connectivity index (χ0v) is 17.4. The van der Waals surface area contributed by atoms with E-state index in [4.69, 9.17) is 0 Å². The predicted molar refractivity (Wildman–Crippen MR) is 121 cm³/mol. The number of rotatable bonds is 5. The van der Waals surface area contributed by atoms with Crippen LogP contribution >= 0.6 is 0 Å². The number of para-hydroxylation sites is 1. The van der Waals surface area contributed by atoms with Gasteiger partial charge in [-0.15, -0.1) is 0 Å². The van der Waals surface area contributed by atoms with E-state index < -0.39 is 0 Å². The van der Waals surface area contributed by atoms with Gasteiger partial charge in [-0.05, 0) is 42.8 Å². The van der Waals surface area contributed by atoms with E-state index in [1.54, 1.807) is 10.8 Å². The highest BCUT2D eigenvalue weighted by molar-refractivity contribution is 5.77. The fourth-order valence-corrected chi connectivity index (χ4v) is 4.39. The van der Waals surface area contributed by atoms with E-state index in [1.807, 2.05) is 58.0 Å². The van der Waals surface area contributed by atoms with Gasteiger partial charge in [-0.1, -0.05) is 18.2 Å². The molecule has 0 spiro atoms. The quantitative estimate of drug-likeness (QED) is 0.503. The first-order valence-corrected chi connectivity index (χ1v) is 10.7. The van der Waals surface area contributed by atoms with Gasteiger partial charge in [0.1, 0.15) is 5.52 Å². The van der Waals surface area contributed by atoms with Crippen molar-refractivity contribution in [3.05, 3.63) is 77.3 Å². The molecule has 4 heterocycles. The van der Waals surface area contributed by atoms with Gasteiger partial charge in [-0.3, -0.25) is 14.2 Å². The fourth-order valence-electron chi connectivity index (χ4n) is 4.39. The summed E-state index contributed by atoms with van der Waals surface area (Å²) >= 11 is 0. The molecule has 158 valence electrons. The fraction of sp³-hybridized carbons (Fsp3) is 0.292. The first kappa shape index (κ1) is 19.4. The van der Waals surface area contributed by atoms with E-state index in [2.05, 4.69) is 22.0 Å². The molecule has 7 nitrogen and oxygen atoms in total. The Morgan fingerprint density at radius 3 is 2.48 bits per heavy atom. The van der Waals surface area contributed by atoms with Crippen molar-refractivity contribution in [3.63, 3.8) is 0 Å². The lowest BCUT2D eigenvalue weighted by atomic mass is 10.2. The van der Waals surface area contributed by atoms with Crippen LogP contribution in [-0.2, 0) is 11.3 Å². The average Bonchev–Trinajstić information content (AvgIpc) is 3.32. The molecule has 0 saturated carbocycles. The van der Waals surface area contributed by atoms with Crippen LogP contribution in [0.2, 0.25) is 0 Å². The van der Waals surface area contributed by atoms with Gasteiger partial charge in [-0.25, -0.2) is 4.98 Å². The number of aromatic nitrogens is 3. The smallest absolute Gasteiger partial charge is 0.276 e. The monoisotopic (exact) mass is 415 g/mol. The predicted octanol–water partition coefficient (Wildman–Crippen LogP) is 2.78. The van der Waals surface area contributed by atoms with Gasteiger partial charge in [0.25, 0.3) is 5.56 Å². The van der Waals surface area contributed by atoms with E-state index in [9.17, 15) is 9.59 Å². The number of hydrogen-bond donors (Lipinski definition) is 0. The number of nitrogens with zero attached hydrogens (tertiary/aromatic N) is 5. The second-order valence-corrected chi connectivity index (χ2v) is 7.87. The van der Waals surface area contributed by atoms with Crippen LogP contribution in [0.5, 0.6) is 0 Å². The molecule has 0 unspecified atom stereocenters. The number of amides is 1. The number of carbonyl (C=O) groups is 1. The maximum Gasteiger partial charge on any atom is 0.276 e. The first-order valence-electron chi connectivity index (χ1n) is 10.7. The molecule has 0 bridgehead atoms. The van der Waals surface area contributed by atoms with Crippen LogP contribution in [0.15, 0.2) is 71.8 Å². The molecular formula is C24H25N5O2. The lowest BCUT2D eigenvalue weighted by molar-refractivity contribution is -0.131. The molecule has 5 rings (SSSR count). The van der Waals surface area contributed by atoms with E-state index >= 15 is 0 Å². The standard InChI is InChI=1S/C24H25N5O2/c30-22(27-17-15-26(16-18-27)19-7-2-1-3-8-19)11-6-14-29-23-20(9-4-12-25-23)28-13-5-10-21(28)24(29)31/h1-5,7-10,12-13H,6,11,14-18H2. The molecule has 1 fully saturated rings. The molecule has 0 N–H and O–H groups in total. The second-order valence-electron chi connectivity index (χ2n) is 7.87. The Hall–Kier alpha value is -3.61. The summed E-state index contributed by atoms with van der Waals surface area (Å²) in [5.41, 5.74) is 3.31. The van der Waals surface area contributed by atoms with Crippen molar-refractivity contribution in [1.29, 1.82) is 0 Å². The van der Waals surface area contributed by atoms with Gasteiger partial charge >= 0.3 is 0 Å². The molecule has 7 heteroatoms. The number of benzene rings is 1. The van der Waals surface area contributed by atoms with E-state index in [0.717, 1.165) is 31.7 Å². The Morgan fingerprint density at radius 1 is 0.903 bits per heavy atom. The number of fused-ring (bicyclic) bond motifs is 3. The van der Waals surface area contributed by atoms with Gasteiger partial charge in [0.05, 0.1) is 5.52 Å². The third-order valence-corrected chi connectivity index (χ3v) is 6.02. The van der Waals surface area contributed by atoms with Crippen molar-refractivity contribution in [2.45, 2.75) is 19.4 Å². The second kappa shape index (κ2) is 8.26. The van der Waals surface area contributed by atoms with Gasteiger partial charge < -0.3 is 14.2 Å². The molecule has 0 aliphatic carbocycles. The Bertz CT molecular complexity index is 1270. The molecule has 1 amide bonds. The van der Waals surface area contributed by atoms with Crippen molar-refractivity contribution >= 4 is 28.3 Å². The molecule has 3 aromatic heterocycles. The topological polar surface area (TPSA) is 62.9 Å². The third kappa shape index (κ3) is 3.67. The molecule has 1 aliphatic rings. The lowest BCUT2D eigenvalue weighted by Crippen LogP contribution is -2.48. The van der Waals surface area contributed by atoms with Crippen molar-refractivity contribution in [1.82, 2.24) is 18.9 Å². The summed E-state index contributed by atoms with van der Waals surface area (Å²) < 4.78 is 3.57. The maximum absolute atomic E-state index is 13.0. The summed E-state index contributed by atoms with van der Waals surface area (Å²) in [4.78, 5) is 34.4. The summed E-state index contributed by atoms with van der Waals surface area (Å²) in [7, 11) is 0. The van der Waals surface area contributed by atoms with E-state index in [1.165, 1.54) is 5.69 Å². The Labute approximate surface area is 180 Å². The van der Waals surface area contributed by atoms with Crippen LogP contribution in [0.3, 0.4) is 0 Å². The molecule has 0 radical (unpaired) electrons. The largest absolute Gasteiger partial charge is 0.368 e. The molecule has 1 saturated heterocycles. The van der Waals surface area contributed by atoms with E-state index in [-0.39, 0.29) is 11.5 Å². The molecular weight excluding hydrogens is 390 g/mol. The Morgan fingerprint density at radius 2 is 1.68 bits per heavy atom. The zero-order valence-electron chi connectivity index (χ0n) is 17.4. The first-order chi connectivity index (χ1) is 15.2. The van der Waals surface area contributed by atoms with E-state index in [0.29, 0.717) is 30.6 Å². The normalized spacial score (nSPS) is 14.5. The average molecular weight is 415 g/mol. The maximum atomic E-state index is 13.0. The summed E-state index contributed by atoms with van der Waals surface area (Å²) in [6.45, 7) is 3.62. The highest BCUT2D eigenvalue weighted by Crippen LogP contribution is 2.17. The Kier molecular flexibility index (Phi) is 5.16. The van der Waals surface area contributed by atoms with Crippen molar-refractivity contribution in [3.8, 4) is 0 Å².